The molecule has 72 valence electrons. The van der Waals surface area contributed by atoms with Crippen LogP contribution in [0.3, 0.4) is 0 Å². The summed E-state index contributed by atoms with van der Waals surface area (Å²) in [6.45, 7) is 4.06. The molecule has 0 aromatic carbocycles. The molecule has 1 heterocycles. The van der Waals surface area contributed by atoms with Crippen LogP contribution >= 0.6 is 0 Å². The maximum Gasteiger partial charge on any atom is 0.213 e. The van der Waals surface area contributed by atoms with Crippen LogP contribution in [0.4, 0.5) is 0 Å². The second-order valence-corrected chi connectivity index (χ2v) is 3.63. The van der Waals surface area contributed by atoms with Gasteiger partial charge in [-0.2, -0.15) is 0 Å². The predicted octanol–water partition coefficient (Wildman–Crippen LogP) is 1.36. The molecular formula is C10H15NO2. The van der Waals surface area contributed by atoms with Crippen LogP contribution in [0.25, 0.3) is 0 Å². The molecule has 0 radical (unpaired) electrons. The number of nitrogens with zero attached hydrogens (tertiary/aromatic N) is 1. The van der Waals surface area contributed by atoms with E-state index in [4.69, 9.17) is 9.84 Å². The standard InChI is InChI=1S/C10H15NO2/c1-10(2,7-12)8-4-5-11-9(6-8)13-3/h4-6,12H,7H2,1-3H3. The predicted molar refractivity (Wildman–Crippen MR) is 50.9 cm³/mol. The van der Waals surface area contributed by atoms with Gasteiger partial charge in [-0.1, -0.05) is 13.8 Å². The molecule has 1 aromatic rings. The first-order valence-electron chi connectivity index (χ1n) is 4.21. The minimum atomic E-state index is -0.240. The normalized spacial score (nSPS) is 11.4. The van der Waals surface area contributed by atoms with E-state index in [-0.39, 0.29) is 12.0 Å². The molecule has 0 unspecified atom stereocenters. The zero-order chi connectivity index (χ0) is 9.90. The third kappa shape index (κ3) is 2.18. The smallest absolute Gasteiger partial charge is 0.213 e. The summed E-state index contributed by atoms with van der Waals surface area (Å²) in [5.41, 5.74) is 0.790. The summed E-state index contributed by atoms with van der Waals surface area (Å²) >= 11 is 0. The van der Waals surface area contributed by atoms with Gasteiger partial charge in [0.05, 0.1) is 13.7 Å². The molecule has 0 aliphatic carbocycles. The van der Waals surface area contributed by atoms with E-state index in [1.807, 2.05) is 26.0 Å². The van der Waals surface area contributed by atoms with Gasteiger partial charge < -0.3 is 9.84 Å². The number of hydrogen-bond acceptors (Lipinski definition) is 3. The van der Waals surface area contributed by atoms with Crippen molar-refractivity contribution in [1.82, 2.24) is 4.98 Å². The highest BCUT2D eigenvalue weighted by atomic mass is 16.5. The molecule has 1 rings (SSSR count). The number of aliphatic hydroxyl groups is 1. The van der Waals surface area contributed by atoms with Crippen molar-refractivity contribution in [3.8, 4) is 5.88 Å². The highest BCUT2D eigenvalue weighted by Crippen LogP contribution is 2.24. The quantitative estimate of drug-likeness (QED) is 0.765. The Hall–Kier alpha value is -1.09. The Morgan fingerprint density at radius 3 is 2.77 bits per heavy atom. The summed E-state index contributed by atoms with van der Waals surface area (Å²) in [5, 5.41) is 9.15. The Bertz CT molecular complexity index is 284. The van der Waals surface area contributed by atoms with Crippen LogP contribution in [0, 0.1) is 0 Å². The van der Waals surface area contributed by atoms with Gasteiger partial charge in [0.1, 0.15) is 0 Å². The van der Waals surface area contributed by atoms with Crippen LogP contribution < -0.4 is 4.74 Å². The average Bonchev–Trinajstić information content (AvgIpc) is 2.18. The summed E-state index contributed by atoms with van der Waals surface area (Å²) in [7, 11) is 1.58. The lowest BCUT2D eigenvalue weighted by Crippen LogP contribution is -2.22. The van der Waals surface area contributed by atoms with Crippen molar-refractivity contribution in [2.24, 2.45) is 0 Å². The summed E-state index contributed by atoms with van der Waals surface area (Å²) in [4.78, 5) is 4.00. The van der Waals surface area contributed by atoms with Crippen LogP contribution in [-0.2, 0) is 5.41 Å². The van der Waals surface area contributed by atoms with Crippen molar-refractivity contribution in [1.29, 1.82) is 0 Å². The van der Waals surface area contributed by atoms with Crippen molar-refractivity contribution in [2.75, 3.05) is 13.7 Å². The van der Waals surface area contributed by atoms with E-state index in [0.717, 1.165) is 5.56 Å². The van der Waals surface area contributed by atoms with Crippen LogP contribution in [0.15, 0.2) is 18.3 Å². The lowest BCUT2D eigenvalue weighted by Gasteiger charge is -2.22. The number of aromatic nitrogens is 1. The Kier molecular flexibility index (Phi) is 2.88. The van der Waals surface area contributed by atoms with Gasteiger partial charge in [-0.25, -0.2) is 4.98 Å². The van der Waals surface area contributed by atoms with Gasteiger partial charge in [0.2, 0.25) is 5.88 Å². The third-order valence-corrected chi connectivity index (χ3v) is 2.12. The van der Waals surface area contributed by atoms with Crippen molar-refractivity contribution in [3.05, 3.63) is 23.9 Å². The SMILES string of the molecule is COc1cc(C(C)(C)CO)ccn1. The summed E-state index contributed by atoms with van der Waals surface area (Å²) < 4.78 is 5.00. The molecule has 0 aliphatic heterocycles. The average molecular weight is 181 g/mol. The Morgan fingerprint density at radius 2 is 2.23 bits per heavy atom. The van der Waals surface area contributed by atoms with Crippen molar-refractivity contribution < 1.29 is 9.84 Å². The molecule has 0 fully saturated rings. The van der Waals surface area contributed by atoms with Crippen LogP contribution in [-0.4, -0.2) is 23.8 Å². The fourth-order valence-corrected chi connectivity index (χ4v) is 1.03. The van der Waals surface area contributed by atoms with Crippen LogP contribution in [0.2, 0.25) is 0 Å². The summed E-state index contributed by atoms with van der Waals surface area (Å²) in [5.74, 6) is 0.582. The van der Waals surface area contributed by atoms with E-state index >= 15 is 0 Å². The van der Waals surface area contributed by atoms with Gasteiger partial charge in [-0.15, -0.1) is 0 Å². The van der Waals surface area contributed by atoms with Crippen molar-refractivity contribution in [2.45, 2.75) is 19.3 Å². The Labute approximate surface area is 78.4 Å². The summed E-state index contributed by atoms with van der Waals surface area (Å²) in [6, 6.07) is 3.73. The molecule has 0 spiro atoms. The molecule has 0 saturated heterocycles. The molecule has 0 saturated carbocycles. The van der Waals surface area contributed by atoms with Gasteiger partial charge in [-0.3, -0.25) is 0 Å². The van der Waals surface area contributed by atoms with Gasteiger partial charge in [0, 0.05) is 17.7 Å². The van der Waals surface area contributed by atoms with Crippen LogP contribution in [0.5, 0.6) is 5.88 Å². The van der Waals surface area contributed by atoms with E-state index in [1.54, 1.807) is 13.3 Å². The highest BCUT2D eigenvalue weighted by Gasteiger charge is 2.19. The molecule has 13 heavy (non-hydrogen) atoms. The van der Waals surface area contributed by atoms with E-state index in [2.05, 4.69) is 4.98 Å². The van der Waals surface area contributed by atoms with Crippen molar-refractivity contribution in [3.63, 3.8) is 0 Å². The van der Waals surface area contributed by atoms with E-state index in [9.17, 15) is 0 Å². The lowest BCUT2D eigenvalue weighted by atomic mass is 9.86. The number of aliphatic hydroxyl groups excluding tert-OH is 1. The van der Waals surface area contributed by atoms with E-state index in [0.29, 0.717) is 5.88 Å². The first-order valence-corrected chi connectivity index (χ1v) is 4.21. The number of methoxy groups -OCH3 is 1. The summed E-state index contributed by atoms with van der Waals surface area (Å²) in [6.07, 6.45) is 1.69. The minimum absolute atomic E-state index is 0.111. The van der Waals surface area contributed by atoms with Gasteiger partial charge in [0.15, 0.2) is 0 Å². The molecule has 1 N–H and O–H groups in total. The lowest BCUT2D eigenvalue weighted by molar-refractivity contribution is 0.218. The highest BCUT2D eigenvalue weighted by molar-refractivity contribution is 5.27. The Balaban J connectivity index is 3.01. The first kappa shape index (κ1) is 9.99. The van der Waals surface area contributed by atoms with Crippen LogP contribution in [0.1, 0.15) is 19.4 Å². The molecule has 0 amide bonds. The van der Waals surface area contributed by atoms with E-state index in [1.165, 1.54) is 0 Å². The fraction of sp³-hybridized carbons (Fsp3) is 0.500. The number of hydrogen-bond donors (Lipinski definition) is 1. The largest absolute Gasteiger partial charge is 0.481 e. The zero-order valence-electron chi connectivity index (χ0n) is 8.24. The van der Waals surface area contributed by atoms with Gasteiger partial charge in [-0.05, 0) is 11.6 Å². The first-order chi connectivity index (χ1) is 6.10. The second kappa shape index (κ2) is 3.75. The molecule has 3 nitrogen and oxygen atoms in total. The second-order valence-electron chi connectivity index (χ2n) is 3.63. The molecular weight excluding hydrogens is 166 g/mol. The zero-order valence-corrected chi connectivity index (χ0v) is 8.24. The number of pyridine rings is 1. The molecule has 3 heteroatoms. The molecule has 0 atom stereocenters. The minimum Gasteiger partial charge on any atom is -0.481 e. The topological polar surface area (TPSA) is 42.4 Å². The number of ether oxygens (including phenoxy) is 1. The van der Waals surface area contributed by atoms with Gasteiger partial charge >= 0.3 is 0 Å². The number of rotatable bonds is 3. The molecule has 1 aromatic heterocycles. The van der Waals surface area contributed by atoms with Crippen molar-refractivity contribution >= 4 is 0 Å². The fourth-order valence-electron chi connectivity index (χ4n) is 1.03. The maximum absolute atomic E-state index is 9.15. The third-order valence-electron chi connectivity index (χ3n) is 2.12. The Morgan fingerprint density at radius 1 is 1.54 bits per heavy atom. The molecule has 0 bridgehead atoms. The monoisotopic (exact) mass is 181 g/mol. The molecule has 0 aliphatic rings. The van der Waals surface area contributed by atoms with Gasteiger partial charge in [0.25, 0.3) is 0 Å². The van der Waals surface area contributed by atoms with E-state index < -0.39 is 0 Å². The maximum atomic E-state index is 9.15.